The minimum absolute atomic E-state index is 0.00845. The molecular weight excluding hydrogens is 387 g/mol. The van der Waals surface area contributed by atoms with Crippen LogP contribution in [0.2, 0.25) is 10.0 Å². The summed E-state index contributed by atoms with van der Waals surface area (Å²) in [5, 5.41) is 11.2. The molecule has 1 spiro atoms. The summed E-state index contributed by atoms with van der Waals surface area (Å²) in [6.45, 7) is 0. The predicted molar refractivity (Wildman–Crippen MR) is 103 cm³/mol. The highest BCUT2D eigenvalue weighted by molar-refractivity contribution is 6.35. The van der Waals surface area contributed by atoms with Crippen LogP contribution in [0.15, 0.2) is 48.7 Å². The maximum absolute atomic E-state index is 13.1. The highest BCUT2D eigenvalue weighted by atomic mass is 35.5. The van der Waals surface area contributed by atoms with Crippen molar-refractivity contribution in [1.29, 1.82) is 0 Å². The van der Waals surface area contributed by atoms with Crippen molar-refractivity contribution in [1.82, 2.24) is 9.78 Å². The molecule has 134 valence electrons. The summed E-state index contributed by atoms with van der Waals surface area (Å²) in [6, 6.07) is 12.4. The molecule has 0 bridgehead atoms. The van der Waals surface area contributed by atoms with Crippen LogP contribution in [0.3, 0.4) is 0 Å². The topological polar surface area (TPSA) is 76.0 Å². The molecule has 5 rings (SSSR count). The lowest BCUT2D eigenvalue weighted by Gasteiger charge is -2.31. The second kappa shape index (κ2) is 5.58. The maximum Gasteiger partial charge on any atom is 0.240 e. The van der Waals surface area contributed by atoms with E-state index in [-0.39, 0.29) is 18.2 Å². The molecule has 2 aliphatic heterocycles. The third-order valence-corrected chi connectivity index (χ3v) is 5.65. The molecule has 1 unspecified atom stereocenters. The minimum atomic E-state index is -1.15. The second-order valence-corrected chi connectivity index (χ2v) is 7.39. The monoisotopic (exact) mass is 398 g/mol. The van der Waals surface area contributed by atoms with Gasteiger partial charge >= 0.3 is 0 Å². The fraction of sp³-hybridized carbons (Fsp3) is 0.105. The quantitative estimate of drug-likeness (QED) is 0.654. The number of anilines is 2. The predicted octanol–water partition coefficient (Wildman–Crippen LogP) is 3.76. The molecule has 0 fully saturated rings. The van der Waals surface area contributed by atoms with Gasteiger partial charge in [0.1, 0.15) is 11.2 Å². The molecule has 2 amide bonds. The zero-order valence-corrected chi connectivity index (χ0v) is 15.3. The maximum atomic E-state index is 13.1. The van der Waals surface area contributed by atoms with E-state index in [1.54, 1.807) is 47.3 Å². The number of carbonyl (C=O) groups excluding carboxylic acids is 2. The lowest BCUT2D eigenvalue weighted by molar-refractivity contribution is -0.125. The lowest BCUT2D eigenvalue weighted by atomic mass is 9.72. The molecule has 8 heteroatoms. The first kappa shape index (κ1) is 16.4. The van der Waals surface area contributed by atoms with Crippen LogP contribution >= 0.6 is 23.2 Å². The van der Waals surface area contributed by atoms with Gasteiger partial charge in [-0.05, 0) is 35.9 Å². The van der Waals surface area contributed by atoms with Crippen molar-refractivity contribution in [2.24, 2.45) is 0 Å². The Morgan fingerprint density at radius 1 is 1.00 bits per heavy atom. The number of hydrogen-bond acceptors (Lipinski definition) is 3. The number of aromatic nitrogens is 2. The smallest absolute Gasteiger partial charge is 0.240 e. The average Bonchev–Trinajstić information content (AvgIpc) is 3.18. The van der Waals surface area contributed by atoms with Gasteiger partial charge in [-0.1, -0.05) is 35.3 Å². The van der Waals surface area contributed by atoms with Crippen LogP contribution in [0, 0.1) is 0 Å². The molecule has 0 saturated carbocycles. The van der Waals surface area contributed by atoms with Gasteiger partial charge in [-0.25, -0.2) is 4.68 Å². The summed E-state index contributed by atoms with van der Waals surface area (Å²) in [5.74, 6) is -0.0740. The van der Waals surface area contributed by atoms with Gasteiger partial charge in [0.05, 0.1) is 22.6 Å². The molecule has 3 aromatic rings. The van der Waals surface area contributed by atoms with Gasteiger partial charge in [0.25, 0.3) is 0 Å². The first-order valence-electron chi connectivity index (χ1n) is 8.25. The van der Waals surface area contributed by atoms with Crippen LogP contribution < -0.4 is 10.6 Å². The van der Waals surface area contributed by atoms with Crippen molar-refractivity contribution in [2.45, 2.75) is 11.8 Å². The average molecular weight is 399 g/mol. The van der Waals surface area contributed by atoms with Gasteiger partial charge in [0.15, 0.2) is 0 Å². The Kier molecular flexibility index (Phi) is 3.38. The van der Waals surface area contributed by atoms with Crippen molar-refractivity contribution < 1.29 is 9.59 Å². The van der Waals surface area contributed by atoms with E-state index in [4.69, 9.17) is 23.2 Å². The van der Waals surface area contributed by atoms with Gasteiger partial charge in [0, 0.05) is 17.0 Å². The number of hydrogen-bond donors (Lipinski definition) is 2. The third kappa shape index (κ3) is 2.17. The van der Waals surface area contributed by atoms with E-state index in [1.807, 2.05) is 6.07 Å². The Hall–Kier alpha value is -2.83. The number of benzene rings is 2. The molecule has 27 heavy (non-hydrogen) atoms. The minimum Gasteiger partial charge on any atom is -0.323 e. The number of amides is 2. The summed E-state index contributed by atoms with van der Waals surface area (Å²) < 4.78 is 1.60. The molecule has 2 aliphatic rings. The van der Waals surface area contributed by atoms with Gasteiger partial charge in [-0.2, -0.15) is 5.10 Å². The number of para-hydroxylation sites is 1. The Morgan fingerprint density at radius 2 is 1.78 bits per heavy atom. The molecule has 2 N–H and O–H groups in total. The van der Waals surface area contributed by atoms with Crippen LogP contribution in [-0.4, -0.2) is 21.6 Å². The Bertz CT molecular complexity index is 1120. The van der Waals surface area contributed by atoms with Crippen LogP contribution in [0.25, 0.3) is 5.69 Å². The van der Waals surface area contributed by atoms with Crippen molar-refractivity contribution in [3.8, 4) is 5.69 Å². The summed E-state index contributed by atoms with van der Waals surface area (Å²) >= 11 is 12.2. The van der Waals surface area contributed by atoms with Gasteiger partial charge in [-0.15, -0.1) is 0 Å². The zero-order chi connectivity index (χ0) is 18.8. The zero-order valence-electron chi connectivity index (χ0n) is 13.8. The summed E-state index contributed by atoms with van der Waals surface area (Å²) in [4.78, 5) is 25.6. The molecule has 0 aliphatic carbocycles. The summed E-state index contributed by atoms with van der Waals surface area (Å²) in [6.07, 6.45) is 1.62. The number of nitrogens with one attached hydrogen (secondary N) is 2. The highest BCUT2D eigenvalue weighted by Crippen LogP contribution is 2.51. The van der Waals surface area contributed by atoms with Gasteiger partial charge in [0.2, 0.25) is 11.8 Å². The van der Waals surface area contributed by atoms with Crippen LogP contribution in [-0.2, 0) is 15.0 Å². The molecule has 1 aromatic heterocycles. The van der Waals surface area contributed by atoms with Gasteiger partial charge in [-0.3, -0.25) is 9.59 Å². The molecular formula is C19H12Cl2N4O2. The number of halogens is 2. The molecule has 0 saturated heterocycles. The SMILES string of the molecule is O=C1CC2(C(=O)Nc3c(Cl)cccc32)c2cnn(-c3ccc(Cl)cc3)c2N1. The number of fused-ring (bicyclic) bond motifs is 4. The highest BCUT2D eigenvalue weighted by Gasteiger charge is 2.54. The van der Waals surface area contributed by atoms with E-state index < -0.39 is 5.41 Å². The molecule has 0 radical (unpaired) electrons. The van der Waals surface area contributed by atoms with E-state index in [0.717, 1.165) is 5.69 Å². The van der Waals surface area contributed by atoms with Crippen molar-refractivity contribution in [3.05, 3.63) is 69.8 Å². The molecule has 6 nitrogen and oxygen atoms in total. The van der Waals surface area contributed by atoms with E-state index in [2.05, 4.69) is 15.7 Å². The van der Waals surface area contributed by atoms with Crippen LogP contribution in [0.1, 0.15) is 17.5 Å². The van der Waals surface area contributed by atoms with Gasteiger partial charge < -0.3 is 10.6 Å². The van der Waals surface area contributed by atoms with Crippen molar-refractivity contribution in [2.75, 3.05) is 10.6 Å². The van der Waals surface area contributed by atoms with E-state index in [1.165, 1.54) is 0 Å². The number of rotatable bonds is 1. The van der Waals surface area contributed by atoms with E-state index in [0.29, 0.717) is 32.7 Å². The van der Waals surface area contributed by atoms with Crippen molar-refractivity contribution >= 4 is 46.5 Å². The third-order valence-electron chi connectivity index (χ3n) is 5.08. The first-order chi connectivity index (χ1) is 13.0. The summed E-state index contributed by atoms with van der Waals surface area (Å²) in [7, 11) is 0. The Morgan fingerprint density at radius 3 is 2.56 bits per heavy atom. The van der Waals surface area contributed by atoms with E-state index >= 15 is 0 Å². The largest absolute Gasteiger partial charge is 0.323 e. The first-order valence-corrected chi connectivity index (χ1v) is 9.01. The van der Waals surface area contributed by atoms with Crippen LogP contribution in [0.4, 0.5) is 11.5 Å². The normalized spacial score (nSPS) is 20.2. The second-order valence-electron chi connectivity index (χ2n) is 6.54. The fourth-order valence-corrected chi connectivity index (χ4v) is 4.21. The van der Waals surface area contributed by atoms with Crippen molar-refractivity contribution in [3.63, 3.8) is 0 Å². The number of carbonyl (C=O) groups is 2. The standard InChI is InChI=1S/C19H12Cl2N4O2/c20-10-4-6-11(7-5-10)25-17-13(9-22-25)19(8-15(26)23-17)12-2-1-3-14(21)16(12)24-18(19)27/h1-7,9H,8H2,(H,23,26)(H,24,27). The Balaban J connectivity index is 1.76. The fourth-order valence-electron chi connectivity index (χ4n) is 3.86. The lowest BCUT2D eigenvalue weighted by Crippen LogP contribution is -2.43. The van der Waals surface area contributed by atoms with E-state index in [9.17, 15) is 9.59 Å². The molecule has 1 atom stereocenters. The number of nitrogens with zero attached hydrogens (tertiary/aromatic N) is 2. The summed E-state index contributed by atoms with van der Waals surface area (Å²) in [5.41, 5.74) is 1.44. The molecule has 3 heterocycles. The Labute approximate surface area is 164 Å². The van der Waals surface area contributed by atoms with Crippen LogP contribution in [0.5, 0.6) is 0 Å². The molecule has 2 aromatic carbocycles.